The van der Waals surface area contributed by atoms with E-state index in [2.05, 4.69) is 26.2 Å². The number of nitrogens with one attached hydrogen (secondary N) is 1. The number of amidine groups is 1. The van der Waals surface area contributed by atoms with Gasteiger partial charge in [0.1, 0.15) is 5.84 Å². The number of hydrogen-bond donors (Lipinski definition) is 1. The van der Waals surface area contributed by atoms with Gasteiger partial charge in [-0.15, -0.1) is 0 Å². The average molecular weight is 336 g/mol. The second-order valence-corrected chi connectivity index (χ2v) is 5.74. The molecule has 1 N–H and O–H groups in total. The van der Waals surface area contributed by atoms with Crippen LogP contribution in [0.15, 0.2) is 21.6 Å². The van der Waals surface area contributed by atoms with E-state index in [0.717, 1.165) is 41.8 Å². The van der Waals surface area contributed by atoms with Crippen LogP contribution in [0.5, 0.6) is 0 Å². The van der Waals surface area contributed by atoms with Crippen molar-refractivity contribution in [2.75, 3.05) is 11.9 Å². The molecular weight excluding hydrogens is 323 g/mol. The minimum absolute atomic E-state index is 0.608. The van der Waals surface area contributed by atoms with E-state index in [1.54, 1.807) is 0 Å². The Kier molecular flexibility index (Phi) is 4.71. The zero-order valence-corrected chi connectivity index (χ0v) is 12.4. The van der Waals surface area contributed by atoms with Crippen LogP contribution in [0, 0.1) is 0 Å². The smallest absolute Gasteiger partial charge is 0.101 e. The Morgan fingerprint density at radius 1 is 1.12 bits per heavy atom. The molecule has 0 spiro atoms. The first kappa shape index (κ1) is 13.2. The maximum absolute atomic E-state index is 6.16. The molecule has 0 fully saturated rings. The summed E-state index contributed by atoms with van der Waals surface area (Å²) in [6.07, 6.45) is 4.52. The van der Waals surface area contributed by atoms with Gasteiger partial charge in [-0.3, -0.25) is 4.99 Å². The number of halogens is 3. The normalized spacial score (nSPS) is 16.3. The summed E-state index contributed by atoms with van der Waals surface area (Å²) in [5, 5.41) is 4.47. The second kappa shape index (κ2) is 6.07. The molecule has 1 aliphatic rings. The number of rotatable bonds is 1. The number of anilines is 1. The molecule has 92 valence electrons. The second-order valence-electron chi connectivity index (χ2n) is 4.01. The van der Waals surface area contributed by atoms with Crippen molar-refractivity contribution >= 4 is 50.7 Å². The monoisotopic (exact) mass is 334 g/mol. The molecule has 0 unspecified atom stereocenters. The lowest BCUT2D eigenvalue weighted by molar-refractivity contribution is 0.731. The van der Waals surface area contributed by atoms with E-state index >= 15 is 0 Å². The molecule has 0 amide bonds. The van der Waals surface area contributed by atoms with E-state index in [4.69, 9.17) is 23.2 Å². The zero-order chi connectivity index (χ0) is 12.3. The van der Waals surface area contributed by atoms with Crippen molar-refractivity contribution in [1.82, 2.24) is 0 Å². The summed E-state index contributed by atoms with van der Waals surface area (Å²) < 4.78 is 0.876. The van der Waals surface area contributed by atoms with Gasteiger partial charge in [-0.2, -0.15) is 0 Å². The van der Waals surface area contributed by atoms with Crippen molar-refractivity contribution in [2.24, 2.45) is 4.99 Å². The van der Waals surface area contributed by atoms with Gasteiger partial charge in [0, 0.05) is 17.4 Å². The molecule has 0 aromatic heterocycles. The lowest BCUT2D eigenvalue weighted by Gasteiger charge is -2.12. The summed E-state index contributed by atoms with van der Waals surface area (Å²) in [7, 11) is 0. The summed E-state index contributed by atoms with van der Waals surface area (Å²) in [5.74, 6) is 0.980. The largest absolute Gasteiger partial charge is 0.342 e. The summed E-state index contributed by atoms with van der Waals surface area (Å²) in [5.41, 5.74) is 0.747. The highest BCUT2D eigenvalue weighted by Gasteiger charge is 2.11. The highest BCUT2D eigenvalue weighted by molar-refractivity contribution is 9.10. The van der Waals surface area contributed by atoms with E-state index in [9.17, 15) is 0 Å². The average Bonchev–Trinajstić information content (AvgIpc) is 2.51. The molecule has 1 aromatic carbocycles. The maximum atomic E-state index is 6.16. The van der Waals surface area contributed by atoms with Gasteiger partial charge in [0.05, 0.1) is 15.7 Å². The van der Waals surface area contributed by atoms with Crippen molar-refractivity contribution in [3.8, 4) is 0 Å². The topological polar surface area (TPSA) is 24.4 Å². The minimum atomic E-state index is 0.608. The van der Waals surface area contributed by atoms with Gasteiger partial charge >= 0.3 is 0 Å². The number of benzene rings is 1. The van der Waals surface area contributed by atoms with E-state index in [-0.39, 0.29) is 0 Å². The predicted octanol–water partition coefficient (Wildman–Crippen LogP) is 5.14. The molecule has 17 heavy (non-hydrogen) atoms. The van der Waals surface area contributed by atoms with Crippen molar-refractivity contribution in [3.63, 3.8) is 0 Å². The molecule has 1 aromatic rings. The molecule has 2 nitrogen and oxygen atoms in total. The first-order valence-corrected chi connectivity index (χ1v) is 7.16. The highest BCUT2D eigenvalue weighted by atomic mass is 79.9. The molecule has 1 heterocycles. The molecule has 2 rings (SSSR count). The van der Waals surface area contributed by atoms with Crippen LogP contribution in [0.25, 0.3) is 0 Å². The van der Waals surface area contributed by atoms with Crippen LogP contribution in [0.1, 0.15) is 25.7 Å². The van der Waals surface area contributed by atoms with Crippen LogP contribution >= 0.6 is 39.1 Å². The Morgan fingerprint density at radius 3 is 2.53 bits per heavy atom. The van der Waals surface area contributed by atoms with Crippen LogP contribution < -0.4 is 5.32 Å². The fourth-order valence-corrected chi connectivity index (χ4v) is 3.09. The maximum Gasteiger partial charge on any atom is 0.101 e. The fraction of sp³-hybridized carbons (Fsp3) is 0.417. The zero-order valence-electron chi connectivity index (χ0n) is 9.27. The van der Waals surface area contributed by atoms with E-state index in [0.29, 0.717) is 10.0 Å². The molecule has 0 atom stereocenters. The molecule has 5 heteroatoms. The van der Waals surface area contributed by atoms with Crippen molar-refractivity contribution in [1.29, 1.82) is 0 Å². The van der Waals surface area contributed by atoms with E-state index < -0.39 is 0 Å². The first-order valence-electron chi connectivity index (χ1n) is 5.62. The summed E-state index contributed by atoms with van der Waals surface area (Å²) >= 11 is 15.7. The van der Waals surface area contributed by atoms with Crippen LogP contribution in [0.2, 0.25) is 10.0 Å². The lowest BCUT2D eigenvalue weighted by atomic mass is 10.2. The molecule has 0 radical (unpaired) electrons. The Balaban J connectivity index is 2.20. The highest BCUT2D eigenvalue weighted by Crippen LogP contribution is 2.34. The minimum Gasteiger partial charge on any atom is -0.342 e. The van der Waals surface area contributed by atoms with Crippen LogP contribution in [-0.2, 0) is 0 Å². The summed E-state index contributed by atoms with van der Waals surface area (Å²) in [4.78, 5) is 4.50. The van der Waals surface area contributed by atoms with Gasteiger partial charge in [-0.1, -0.05) is 45.6 Å². The van der Waals surface area contributed by atoms with Gasteiger partial charge in [-0.25, -0.2) is 0 Å². The van der Waals surface area contributed by atoms with Gasteiger partial charge in [0.25, 0.3) is 0 Å². The first-order chi connectivity index (χ1) is 8.16. The van der Waals surface area contributed by atoms with Gasteiger partial charge in [0.2, 0.25) is 0 Å². The Labute approximate surface area is 120 Å². The van der Waals surface area contributed by atoms with Crippen LogP contribution in [0.3, 0.4) is 0 Å². The fourth-order valence-electron chi connectivity index (χ4n) is 1.78. The van der Waals surface area contributed by atoms with E-state index in [1.807, 2.05) is 12.1 Å². The lowest BCUT2D eigenvalue weighted by Crippen LogP contribution is -2.12. The third-order valence-electron chi connectivity index (χ3n) is 2.65. The quantitative estimate of drug-likeness (QED) is 0.754. The Bertz CT molecular complexity index is 423. The number of nitrogens with zero attached hydrogens (tertiary/aromatic N) is 1. The van der Waals surface area contributed by atoms with Crippen molar-refractivity contribution < 1.29 is 0 Å². The van der Waals surface area contributed by atoms with Gasteiger partial charge in [-0.05, 0) is 25.0 Å². The number of aliphatic imine (C=N–C) groups is 1. The molecule has 0 saturated heterocycles. The standard InChI is InChI=1S/C12H13BrCl2N2/c13-8-6-9(14)12(10(15)7-8)17-11-4-2-1-3-5-16-11/h6-7H,1-5H2,(H,16,17). The van der Waals surface area contributed by atoms with Gasteiger partial charge in [0.15, 0.2) is 0 Å². The molecule has 1 aliphatic heterocycles. The van der Waals surface area contributed by atoms with Crippen LogP contribution in [-0.4, -0.2) is 12.4 Å². The molecule has 0 aliphatic carbocycles. The molecular formula is C12H13BrCl2N2. The van der Waals surface area contributed by atoms with Crippen molar-refractivity contribution in [3.05, 3.63) is 26.7 Å². The third-order valence-corrected chi connectivity index (χ3v) is 3.70. The predicted molar refractivity (Wildman–Crippen MR) is 78.6 cm³/mol. The summed E-state index contributed by atoms with van der Waals surface area (Å²) in [6, 6.07) is 3.65. The Hall–Kier alpha value is -0.250. The summed E-state index contributed by atoms with van der Waals surface area (Å²) in [6.45, 7) is 0.883. The molecule has 0 saturated carbocycles. The third kappa shape index (κ3) is 3.60. The van der Waals surface area contributed by atoms with Crippen molar-refractivity contribution in [2.45, 2.75) is 25.7 Å². The number of hydrogen-bond acceptors (Lipinski definition) is 2. The Morgan fingerprint density at radius 2 is 1.82 bits per heavy atom. The van der Waals surface area contributed by atoms with E-state index in [1.165, 1.54) is 6.42 Å². The molecule has 0 bridgehead atoms. The van der Waals surface area contributed by atoms with Gasteiger partial charge < -0.3 is 5.32 Å². The SMILES string of the molecule is Clc1cc(Br)cc(Cl)c1NC1=NCCCCC1. The van der Waals surface area contributed by atoms with Crippen LogP contribution in [0.4, 0.5) is 5.69 Å².